The van der Waals surface area contributed by atoms with Crippen LogP contribution < -0.4 is 5.56 Å². The van der Waals surface area contributed by atoms with Gasteiger partial charge in [0.15, 0.2) is 0 Å². The van der Waals surface area contributed by atoms with Crippen molar-refractivity contribution < 1.29 is 0 Å². The minimum absolute atomic E-state index is 0.0494. The molecule has 3 nitrogen and oxygen atoms in total. The molecule has 21 heavy (non-hydrogen) atoms. The van der Waals surface area contributed by atoms with Crippen LogP contribution in [-0.4, -0.2) is 9.38 Å². The van der Waals surface area contributed by atoms with Gasteiger partial charge in [0.2, 0.25) is 0 Å². The molecule has 0 unspecified atom stereocenters. The van der Waals surface area contributed by atoms with Gasteiger partial charge in [0.25, 0.3) is 5.56 Å². The zero-order chi connectivity index (χ0) is 15.0. The van der Waals surface area contributed by atoms with Crippen molar-refractivity contribution in [1.82, 2.24) is 9.38 Å². The molecule has 0 radical (unpaired) electrons. The smallest absolute Gasteiger partial charge is 0.266 e. The predicted octanol–water partition coefficient (Wildman–Crippen LogP) is 4.14. The number of fused-ring (bicyclic) bond motifs is 1. The van der Waals surface area contributed by atoms with Gasteiger partial charge in [-0.3, -0.25) is 9.20 Å². The maximum absolute atomic E-state index is 12.8. The second-order valence-corrected chi connectivity index (χ2v) is 5.70. The molecular formula is C17H15ClN2O. The fraction of sp³-hybridized carbons (Fsp3) is 0.176. The fourth-order valence-electron chi connectivity index (χ4n) is 2.41. The molecule has 0 aliphatic carbocycles. The number of halogens is 1. The molecule has 3 rings (SSSR count). The molecule has 0 atom stereocenters. The zero-order valence-corrected chi connectivity index (χ0v) is 12.6. The molecule has 0 saturated heterocycles. The van der Waals surface area contributed by atoms with Crippen LogP contribution in [0, 0.1) is 0 Å². The molecule has 2 aromatic heterocycles. The van der Waals surface area contributed by atoms with E-state index in [2.05, 4.69) is 4.98 Å². The van der Waals surface area contributed by atoms with E-state index in [-0.39, 0.29) is 11.5 Å². The molecule has 1 aromatic carbocycles. The van der Waals surface area contributed by atoms with Gasteiger partial charge in [-0.2, -0.15) is 0 Å². The lowest BCUT2D eigenvalue weighted by Gasteiger charge is -2.13. The third kappa shape index (κ3) is 2.45. The van der Waals surface area contributed by atoms with E-state index in [0.29, 0.717) is 16.2 Å². The van der Waals surface area contributed by atoms with Gasteiger partial charge in [-0.05, 0) is 35.7 Å². The first kappa shape index (κ1) is 13.8. The maximum atomic E-state index is 12.8. The van der Waals surface area contributed by atoms with Crippen molar-refractivity contribution in [3.63, 3.8) is 0 Å². The SMILES string of the molecule is CC(C)c1nc2ccccn2c(=O)c1-c1ccc(Cl)cc1. The number of benzene rings is 1. The van der Waals surface area contributed by atoms with Crippen molar-refractivity contribution in [2.75, 3.05) is 0 Å². The van der Waals surface area contributed by atoms with Crippen molar-refractivity contribution in [1.29, 1.82) is 0 Å². The summed E-state index contributed by atoms with van der Waals surface area (Å²) < 4.78 is 1.58. The zero-order valence-electron chi connectivity index (χ0n) is 11.9. The summed E-state index contributed by atoms with van der Waals surface area (Å²) in [5.74, 6) is 0.161. The Morgan fingerprint density at radius 3 is 2.48 bits per heavy atom. The lowest BCUT2D eigenvalue weighted by Crippen LogP contribution is -2.20. The Hall–Kier alpha value is -2.13. The molecule has 3 aromatic rings. The van der Waals surface area contributed by atoms with Gasteiger partial charge in [-0.15, -0.1) is 0 Å². The van der Waals surface area contributed by atoms with Gasteiger partial charge in [0.1, 0.15) is 5.65 Å². The van der Waals surface area contributed by atoms with Crippen LogP contribution in [0.4, 0.5) is 0 Å². The lowest BCUT2D eigenvalue weighted by molar-refractivity contribution is 0.816. The van der Waals surface area contributed by atoms with E-state index >= 15 is 0 Å². The van der Waals surface area contributed by atoms with Crippen molar-refractivity contribution in [3.8, 4) is 11.1 Å². The molecule has 106 valence electrons. The molecule has 0 bridgehead atoms. The Kier molecular flexibility index (Phi) is 3.52. The first-order valence-electron chi connectivity index (χ1n) is 6.85. The molecule has 4 heteroatoms. The Balaban J connectivity index is 2.39. The number of rotatable bonds is 2. The van der Waals surface area contributed by atoms with Gasteiger partial charge in [0, 0.05) is 11.2 Å². The molecule has 0 spiro atoms. The van der Waals surface area contributed by atoms with Crippen LogP contribution in [0.3, 0.4) is 0 Å². The fourth-order valence-corrected chi connectivity index (χ4v) is 2.54. The van der Waals surface area contributed by atoms with Gasteiger partial charge in [-0.25, -0.2) is 4.98 Å². The first-order valence-corrected chi connectivity index (χ1v) is 7.23. The molecule has 0 aliphatic heterocycles. The highest BCUT2D eigenvalue weighted by atomic mass is 35.5. The highest BCUT2D eigenvalue weighted by Crippen LogP contribution is 2.26. The molecular weight excluding hydrogens is 284 g/mol. The van der Waals surface area contributed by atoms with Gasteiger partial charge >= 0.3 is 0 Å². The van der Waals surface area contributed by atoms with Crippen LogP contribution in [-0.2, 0) is 0 Å². The summed E-state index contributed by atoms with van der Waals surface area (Å²) in [5.41, 5.74) is 2.92. The first-order chi connectivity index (χ1) is 10.1. The second-order valence-electron chi connectivity index (χ2n) is 5.27. The van der Waals surface area contributed by atoms with Crippen molar-refractivity contribution in [3.05, 3.63) is 69.7 Å². The van der Waals surface area contributed by atoms with Crippen molar-refractivity contribution >= 4 is 17.2 Å². The lowest BCUT2D eigenvalue weighted by atomic mass is 9.98. The summed E-state index contributed by atoms with van der Waals surface area (Å²) in [6.07, 6.45) is 1.74. The van der Waals surface area contributed by atoms with E-state index in [0.717, 1.165) is 11.3 Å². The highest BCUT2D eigenvalue weighted by Gasteiger charge is 2.16. The standard InChI is InChI=1S/C17H15ClN2O/c1-11(2)16-15(12-6-8-13(18)9-7-12)17(21)20-10-4-3-5-14(20)19-16/h3-11H,1-2H3. The Morgan fingerprint density at radius 2 is 1.81 bits per heavy atom. The van der Waals surface area contributed by atoms with Crippen LogP contribution in [0.15, 0.2) is 53.5 Å². The summed E-state index contributed by atoms with van der Waals surface area (Å²) >= 11 is 5.94. The van der Waals surface area contributed by atoms with Crippen LogP contribution in [0.25, 0.3) is 16.8 Å². The molecule has 0 saturated carbocycles. The summed E-state index contributed by atoms with van der Waals surface area (Å²) in [6, 6.07) is 12.9. The molecule has 0 N–H and O–H groups in total. The van der Waals surface area contributed by atoms with Gasteiger partial charge < -0.3 is 0 Å². The number of aromatic nitrogens is 2. The van der Waals surface area contributed by atoms with Crippen LogP contribution in [0.5, 0.6) is 0 Å². The van der Waals surface area contributed by atoms with E-state index < -0.39 is 0 Å². The largest absolute Gasteiger partial charge is 0.268 e. The normalized spacial score (nSPS) is 11.2. The average molecular weight is 299 g/mol. The van der Waals surface area contributed by atoms with Gasteiger partial charge in [-0.1, -0.05) is 43.6 Å². The Bertz CT molecular complexity index is 851. The van der Waals surface area contributed by atoms with Crippen molar-refractivity contribution in [2.45, 2.75) is 19.8 Å². The Morgan fingerprint density at radius 1 is 1.10 bits per heavy atom. The molecule has 2 heterocycles. The van der Waals surface area contributed by atoms with Crippen LogP contribution >= 0.6 is 11.6 Å². The third-order valence-corrected chi connectivity index (χ3v) is 3.69. The summed E-state index contributed by atoms with van der Waals surface area (Å²) in [7, 11) is 0. The molecule has 0 fully saturated rings. The van der Waals surface area contributed by atoms with Crippen LogP contribution in [0.2, 0.25) is 5.02 Å². The van der Waals surface area contributed by atoms with Crippen molar-refractivity contribution in [2.24, 2.45) is 0 Å². The maximum Gasteiger partial charge on any atom is 0.266 e. The average Bonchev–Trinajstić information content (AvgIpc) is 2.48. The number of nitrogens with zero attached hydrogens (tertiary/aromatic N) is 2. The van der Waals surface area contributed by atoms with E-state index in [4.69, 9.17) is 11.6 Å². The molecule has 0 aliphatic rings. The summed E-state index contributed by atoms with van der Waals surface area (Å²) in [5, 5.41) is 0.652. The summed E-state index contributed by atoms with van der Waals surface area (Å²) in [4.78, 5) is 17.5. The quantitative estimate of drug-likeness (QED) is 0.712. The van der Waals surface area contributed by atoms with E-state index in [1.807, 2.05) is 44.2 Å². The topological polar surface area (TPSA) is 34.4 Å². The second kappa shape index (κ2) is 5.34. The monoisotopic (exact) mass is 298 g/mol. The van der Waals surface area contributed by atoms with Gasteiger partial charge in [0.05, 0.1) is 11.3 Å². The minimum Gasteiger partial charge on any atom is -0.268 e. The number of hydrogen-bond donors (Lipinski definition) is 0. The number of hydrogen-bond acceptors (Lipinski definition) is 2. The predicted molar refractivity (Wildman–Crippen MR) is 86.0 cm³/mol. The van der Waals surface area contributed by atoms with E-state index in [1.54, 1.807) is 22.7 Å². The van der Waals surface area contributed by atoms with E-state index in [9.17, 15) is 4.79 Å². The van der Waals surface area contributed by atoms with Crippen LogP contribution in [0.1, 0.15) is 25.5 Å². The number of pyridine rings is 1. The van der Waals surface area contributed by atoms with E-state index in [1.165, 1.54) is 0 Å². The minimum atomic E-state index is -0.0494. The summed E-state index contributed by atoms with van der Waals surface area (Å²) in [6.45, 7) is 4.08. The highest BCUT2D eigenvalue weighted by molar-refractivity contribution is 6.30. The Labute approximate surface area is 127 Å². The third-order valence-electron chi connectivity index (χ3n) is 3.44. The molecule has 0 amide bonds.